The van der Waals surface area contributed by atoms with Crippen molar-refractivity contribution in [3.63, 3.8) is 0 Å². The molecule has 5 heteroatoms. The third kappa shape index (κ3) is 3.34. The second kappa shape index (κ2) is 6.48. The molecule has 0 N–H and O–H groups in total. The summed E-state index contributed by atoms with van der Waals surface area (Å²) in [4.78, 5) is 16.6. The molecule has 19 heavy (non-hydrogen) atoms. The lowest BCUT2D eigenvalue weighted by Crippen LogP contribution is -2.15. The van der Waals surface area contributed by atoms with E-state index in [1.165, 1.54) is 0 Å². The number of benzene rings is 1. The number of thiazole rings is 1. The van der Waals surface area contributed by atoms with Gasteiger partial charge in [0.2, 0.25) is 0 Å². The van der Waals surface area contributed by atoms with E-state index in [0.29, 0.717) is 6.61 Å². The van der Waals surface area contributed by atoms with E-state index in [-0.39, 0.29) is 11.9 Å². The SMILES string of the molecule is CCCC(C(=O)OCC)c1nc2cc(Br)ccc2s1. The first kappa shape index (κ1) is 14.5. The van der Waals surface area contributed by atoms with Crippen LogP contribution in [-0.4, -0.2) is 17.6 Å². The van der Waals surface area contributed by atoms with Gasteiger partial charge in [0.1, 0.15) is 10.9 Å². The van der Waals surface area contributed by atoms with E-state index in [1.807, 2.05) is 25.1 Å². The van der Waals surface area contributed by atoms with Gasteiger partial charge in [0.25, 0.3) is 0 Å². The highest BCUT2D eigenvalue weighted by Crippen LogP contribution is 2.32. The van der Waals surface area contributed by atoms with Crippen LogP contribution in [0.4, 0.5) is 0 Å². The molecule has 102 valence electrons. The first-order valence-electron chi connectivity index (χ1n) is 6.38. The highest BCUT2D eigenvalue weighted by Gasteiger charge is 2.24. The van der Waals surface area contributed by atoms with Crippen LogP contribution in [0.2, 0.25) is 0 Å². The molecule has 1 aromatic carbocycles. The highest BCUT2D eigenvalue weighted by atomic mass is 79.9. The summed E-state index contributed by atoms with van der Waals surface area (Å²) in [7, 11) is 0. The smallest absolute Gasteiger partial charge is 0.315 e. The molecule has 1 unspecified atom stereocenters. The molecule has 1 aromatic heterocycles. The Labute approximate surface area is 125 Å². The van der Waals surface area contributed by atoms with Gasteiger partial charge in [-0.2, -0.15) is 0 Å². The molecule has 1 atom stereocenters. The average Bonchev–Trinajstić information content (AvgIpc) is 2.78. The molecular formula is C14H16BrNO2S. The monoisotopic (exact) mass is 341 g/mol. The lowest BCUT2D eigenvalue weighted by molar-refractivity contribution is -0.145. The van der Waals surface area contributed by atoms with Crippen molar-refractivity contribution in [1.82, 2.24) is 4.98 Å². The first-order valence-corrected chi connectivity index (χ1v) is 7.99. The van der Waals surface area contributed by atoms with Crippen molar-refractivity contribution in [3.8, 4) is 0 Å². The molecule has 0 bridgehead atoms. The molecule has 0 aliphatic rings. The standard InChI is InChI=1S/C14H16BrNO2S/c1-3-5-10(14(17)18-4-2)13-16-11-8-9(15)6-7-12(11)19-13/h6-8,10H,3-5H2,1-2H3. The van der Waals surface area contributed by atoms with Crippen molar-refractivity contribution >= 4 is 43.5 Å². The zero-order valence-electron chi connectivity index (χ0n) is 11.0. The maximum Gasteiger partial charge on any atom is 0.315 e. The minimum absolute atomic E-state index is 0.164. The largest absolute Gasteiger partial charge is 0.465 e. The van der Waals surface area contributed by atoms with E-state index >= 15 is 0 Å². The maximum absolute atomic E-state index is 12.0. The third-order valence-electron chi connectivity index (χ3n) is 2.81. The first-order chi connectivity index (χ1) is 9.15. The van der Waals surface area contributed by atoms with Gasteiger partial charge < -0.3 is 4.74 Å². The Kier molecular flexibility index (Phi) is 4.93. The molecule has 2 rings (SSSR count). The molecule has 0 saturated carbocycles. The van der Waals surface area contributed by atoms with Crippen LogP contribution >= 0.6 is 27.3 Å². The summed E-state index contributed by atoms with van der Waals surface area (Å²) in [6.45, 7) is 4.31. The molecule has 0 spiro atoms. The van der Waals surface area contributed by atoms with Crippen LogP contribution in [0, 0.1) is 0 Å². The van der Waals surface area contributed by atoms with Gasteiger partial charge in [-0.15, -0.1) is 11.3 Å². The Hall–Kier alpha value is -0.940. The number of carbonyl (C=O) groups is 1. The lowest BCUT2D eigenvalue weighted by atomic mass is 10.1. The van der Waals surface area contributed by atoms with Crippen LogP contribution in [-0.2, 0) is 9.53 Å². The predicted molar refractivity (Wildman–Crippen MR) is 81.6 cm³/mol. The number of halogens is 1. The number of carbonyl (C=O) groups excluding carboxylic acids is 1. The Balaban J connectivity index is 2.35. The molecular weight excluding hydrogens is 326 g/mol. The van der Waals surface area contributed by atoms with E-state index in [0.717, 1.165) is 32.5 Å². The quantitative estimate of drug-likeness (QED) is 0.751. The summed E-state index contributed by atoms with van der Waals surface area (Å²) >= 11 is 5.01. The summed E-state index contributed by atoms with van der Waals surface area (Å²) in [5, 5.41) is 0.855. The molecule has 0 fully saturated rings. The number of aromatic nitrogens is 1. The molecule has 0 aliphatic carbocycles. The molecule has 0 saturated heterocycles. The summed E-state index contributed by atoms with van der Waals surface area (Å²) in [5.74, 6) is -0.399. The Morgan fingerprint density at radius 2 is 2.26 bits per heavy atom. The third-order valence-corrected chi connectivity index (χ3v) is 4.46. The van der Waals surface area contributed by atoms with Crippen LogP contribution < -0.4 is 0 Å². The van der Waals surface area contributed by atoms with E-state index < -0.39 is 0 Å². The molecule has 0 amide bonds. The normalized spacial score (nSPS) is 12.6. The fourth-order valence-corrected chi connectivity index (χ4v) is 3.36. The van der Waals surface area contributed by atoms with E-state index in [4.69, 9.17) is 4.74 Å². The number of hydrogen-bond acceptors (Lipinski definition) is 4. The van der Waals surface area contributed by atoms with Gasteiger partial charge in [0.05, 0.1) is 16.8 Å². The van der Waals surface area contributed by atoms with E-state index in [1.54, 1.807) is 11.3 Å². The molecule has 0 aliphatic heterocycles. The fraction of sp³-hybridized carbons (Fsp3) is 0.429. The second-order valence-corrected chi connectivity index (χ2v) is 6.24. The van der Waals surface area contributed by atoms with Gasteiger partial charge in [-0.25, -0.2) is 4.98 Å². The number of nitrogens with zero attached hydrogens (tertiary/aromatic N) is 1. The predicted octanol–water partition coefficient (Wildman–Crippen LogP) is 4.51. The number of esters is 1. The zero-order valence-corrected chi connectivity index (χ0v) is 13.4. The molecule has 3 nitrogen and oxygen atoms in total. The van der Waals surface area contributed by atoms with Gasteiger partial charge in [0, 0.05) is 4.47 Å². The van der Waals surface area contributed by atoms with E-state index in [9.17, 15) is 4.79 Å². The molecule has 0 radical (unpaired) electrons. The van der Waals surface area contributed by atoms with Gasteiger partial charge in [-0.1, -0.05) is 29.3 Å². The summed E-state index contributed by atoms with van der Waals surface area (Å²) in [6, 6.07) is 5.99. The molecule has 1 heterocycles. The summed E-state index contributed by atoms with van der Waals surface area (Å²) in [6.07, 6.45) is 1.71. The highest BCUT2D eigenvalue weighted by molar-refractivity contribution is 9.10. The minimum atomic E-state index is -0.235. The van der Waals surface area contributed by atoms with Crippen LogP contribution in [0.3, 0.4) is 0 Å². The maximum atomic E-state index is 12.0. The van der Waals surface area contributed by atoms with Gasteiger partial charge in [-0.05, 0) is 31.5 Å². The van der Waals surface area contributed by atoms with Crippen molar-refractivity contribution in [2.45, 2.75) is 32.6 Å². The van der Waals surface area contributed by atoms with Crippen molar-refractivity contribution in [1.29, 1.82) is 0 Å². The van der Waals surface area contributed by atoms with E-state index in [2.05, 4.69) is 27.8 Å². The summed E-state index contributed by atoms with van der Waals surface area (Å²) < 4.78 is 7.25. The summed E-state index contributed by atoms with van der Waals surface area (Å²) in [5.41, 5.74) is 0.930. The van der Waals surface area contributed by atoms with Gasteiger partial charge >= 0.3 is 5.97 Å². The van der Waals surface area contributed by atoms with Crippen molar-refractivity contribution < 1.29 is 9.53 Å². The fourth-order valence-electron chi connectivity index (χ4n) is 1.94. The van der Waals surface area contributed by atoms with Crippen LogP contribution in [0.15, 0.2) is 22.7 Å². The van der Waals surface area contributed by atoms with Gasteiger partial charge in [-0.3, -0.25) is 4.79 Å². The van der Waals surface area contributed by atoms with Crippen molar-refractivity contribution in [3.05, 3.63) is 27.7 Å². The number of ether oxygens (including phenoxy) is 1. The number of rotatable bonds is 5. The molecule has 2 aromatic rings. The zero-order chi connectivity index (χ0) is 13.8. The number of fused-ring (bicyclic) bond motifs is 1. The Bertz CT molecular complexity index is 582. The second-order valence-electron chi connectivity index (χ2n) is 4.26. The van der Waals surface area contributed by atoms with Crippen LogP contribution in [0.1, 0.15) is 37.6 Å². The lowest BCUT2D eigenvalue weighted by Gasteiger charge is -2.11. The van der Waals surface area contributed by atoms with Gasteiger partial charge in [0.15, 0.2) is 0 Å². The van der Waals surface area contributed by atoms with Crippen molar-refractivity contribution in [2.24, 2.45) is 0 Å². The van der Waals surface area contributed by atoms with Crippen LogP contribution in [0.5, 0.6) is 0 Å². The minimum Gasteiger partial charge on any atom is -0.465 e. The Morgan fingerprint density at radius 1 is 1.47 bits per heavy atom. The van der Waals surface area contributed by atoms with Crippen molar-refractivity contribution in [2.75, 3.05) is 6.61 Å². The number of hydrogen-bond donors (Lipinski definition) is 0. The topological polar surface area (TPSA) is 39.2 Å². The Morgan fingerprint density at radius 3 is 2.95 bits per heavy atom. The van der Waals surface area contributed by atoms with Crippen LogP contribution in [0.25, 0.3) is 10.2 Å². The average molecular weight is 342 g/mol.